The smallest absolute Gasteiger partial charge is 0.207 e. The van der Waals surface area contributed by atoms with Crippen LogP contribution in [0.5, 0.6) is 0 Å². The molecule has 0 saturated carbocycles. The molecule has 0 N–H and O–H groups in total. The number of alkyl halides is 7. The first-order valence-electron chi connectivity index (χ1n) is 4.17. The summed E-state index contributed by atoms with van der Waals surface area (Å²) < 4.78 is 77.6. The van der Waals surface area contributed by atoms with E-state index < -0.39 is 12.7 Å². The van der Waals surface area contributed by atoms with E-state index in [4.69, 9.17) is 0 Å². The summed E-state index contributed by atoms with van der Waals surface area (Å²) in [6.07, 6.45) is -11.3. The highest BCUT2D eigenvalue weighted by atomic mass is 79.9. The molecule has 1 aromatic rings. The van der Waals surface area contributed by atoms with Crippen LogP contribution >= 0.6 is 15.9 Å². The van der Waals surface area contributed by atoms with Crippen molar-refractivity contribution in [2.45, 2.75) is 18.1 Å². The average Bonchev–Trinajstić information content (AvgIpc) is 2.12. The Kier molecular flexibility index (Phi) is 6.61. The maximum absolute atomic E-state index is 12.3. The van der Waals surface area contributed by atoms with Gasteiger partial charge in [-0.15, -0.1) is 26.3 Å². The number of hydrogen-bond donors (Lipinski definition) is 0. The maximum Gasteiger partial charge on any atom is 0.529 e. The zero-order valence-corrected chi connectivity index (χ0v) is 10.0. The highest BCUT2D eigenvalue weighted by molar-refractivity contribution is 9.08. The Balaban J connectivity index is 0.000000321. The van der Waals surface area contributed by atoms with Crippen molar-refractivity contribution in [1.29, 1.82) is 0 Å². The van der Waals surface area contributed by atoms with Crippen LogP contribution in [0.2, 0.25) is 0 Å². The van der Waals surface area contributed by atoms with Crippen LogP contribution in [-0.2, 0) is 10.1 Å². The van der Waals surface area contributed by atoms with Crippen LogP contribution in [0.3, 0.4) is 0 Å². The first-order valence-corrected chi connectivity index (χ1v) is 5.29. The third-order valence-electron chi connectivity index (χ3n) is 1.27. The van der Waals surface area contributed by atoms with Crippen molar-refractivity contribution in [3.05, 3.63) is 35.6 Å². The van der Waals surface area contributed by atoms with Crippen molar-refractivity contribution in [3.8, 4) is 0 Å². The average molecular weight is 343 g/mol. The third-order valence-corrected chi connectivity index (χ3v) is 1.92. The molecule has 1 nitrogen and oxygen atoms in total. The Morgan fingerprint density at radius 2 is 1.50 bits per heavy atom. The molecule has 1 aromatic carbocycles. The predicted octanol–water partition coefficient (Wildman–Crippen LogP) is 4.76. The maximum atomic E-state index is 12.3. The van der Waals surface area contributed by atoms with Crippen LogP contribution in [0.15, 0.2) is 24.3 Å². The highest BCUT2D eigenvalue weighted by Crippen LogP contribution is 2.28. The van der Waals surface area contributed by atoms with Gasteiger partial charge in [0, 0.05) is 5.33 Å². The largest absolute Gasteiger partial charge is 0.529 e. The van der Waals surface area contributed by atoms with Gasteiger partial charge in [0.25, 0.3) is 0 Å². The molecule has 0 aliphatic carbocycles. The zero-order chi connectivity index (χ0) is 14.4. The molecule has 0 bridgehead atoms. The van der Waals surface area contributed by atoms with Gasteiger partial charge in [-0.2, -0.15) is 4.74 Å². The SMILES string of the molecule is FC(F)(F)OC(F)(F)F.Fc1cccc(CBr)c1. The minimum absolute atomic E-state index is 0.174. The molecule has 0 amide bonds. The fraction of sp³-hybridized carbons (Fsp3) is 0.333. The Labute approximate surface area is 106 Å². The van der Waals surface area contributed by atoms with E-state index in [1.807, 2.05) is 6.07 Å². The van der Waals surface area contributed by atoms with Crippen LogP contribution in [0.1, 0.15) is 5.56 Å². The monoisotopic (exact) mass is 342 g/mol. The number of ether oxygens (including phenoxy) is 1. The number of hydrogen-bond acceptors (Lipinski definition) is 1. The van der Waals surface area contributed by atoms with Gasteiger partial charge in [-0.3, -0.25) is 0 Å². The van der Waals surface area contributed by atoms with Crippen LogP contribution < -0.4 is 0 Å². The van der Waals surface area contributed by atoms with E-state index in [0.717, 1.165) is 5.56 Å². The topological polar surface area (TPSA) is 9.23 Å². The normalized spacial score (nSPS) is 11.8. The summed E-state index contributed by atoms with van der Waals surface area (Å²) in [4.78, 5) is 0. The van der Waals surface area contributed by atoms with Gasteiger partial charge >= 0.3 is 12.7 Å². The van der Waals surface area contributed by atoms with Gasteiger partial charge < -0.3 is 0 Å². The van der Waals surface area contributed by atoms with Crippen LogP contribution in [-0.4, -0.2) is 12.7 Å². The summed E-state index contributed by atoms with van der Waals surface area (Å²) in [5, 5.41) is 0.713. The molecule has 18 heavy (non-hydrogen) atoms. The summed E-state index contributed by atoms with van der Waals surface area (Å²) >= 11 is 3.22. The van der Waals surface area contributed by atoms with Gasteiger partial charge in [0.15, 0.2) is 0 Å². The van der Waals surface area contributed by atoms with E-state index in [1.165, 1.54) is 12.1 Å². The van der Waals surface area contributed by atoms with E-state index in [9.17, 15) is 30.7 Å². The molecular formula is C9H6BrF7O. The summed E-state index contributed by atoms with van der Waals surface area (Å²) in [7, 11) is 0. The summed E-state index contributed by atoms with van der Waals surface area (Å²) in [6, 6.07) is 6.52. The molecular weight excluding hydrogens is 337 g/mol. The molecule has 0 fully saturated rings. The second-order valence-corrected chi connectivity index (χ2v) is 3.32. The second-order valence-electron chi connectivity index (χ2n) is 2.76. The number of benzene rings is 1. The lowest BCUT2D eigenvalue weighted by molar-refractivity contribution is -0.463. The van der Waals surface area contributed by atoms with E-state index in [1.54, 1.807) is 10.8 Å². The summed E-state index contributed by atoms with van der Waals surface area (Å²) in [5.74, 6) is -0.174. The lowest BCUT2D eigenvalue weighted by atomic mass is 10.2. The minimum Gasteiger partial charge on any atom is -0.207 e. The van der Waals surface area contributed by atoms with Crippen molar-refractivity contribution in [3.63, 3.8) is 0 Å². The van der Waals surface area contributed by atoms with Crippen LogP contribution in [0.4, 0.5) is 30.7 Å². The van der Waals surface area contributed by atoms with E-state index in [2.05, 4.69) is 15.9 Å². The van der Waals surface area contributed by atoms with Gasteiger partial charge in [-0.05, 0) is 17.7 Å². The quantitative estimate of drug-likeness (QED) is 0.528. The fourth-order valence-electron chi connectivity index (χ4n) is 0.751. The third kappa shape index (κ3) is 10.3. The Morgan fingerprint density at radius 1 is 1.00 bits per heavy atom. The van der Waals surface area contributed by atoms with Gasteiger partial charge in [0.1, 0.15) is 5.82 Å². The minimum atomic E-state index is -5.64. The van der Waals surface area contributed by atoms with Gasteiger partial charge in [-0.1, -0.05) is 28.1 Å². The molecule has 0 aliphatic heterocycles. The molecule has 0 aromatic heterocycles. The van der Waals surface area contributed by atoms with Gasteiger partial charge in [0.2, 0.25) is 0 Å². The Hall–Kier alpha value is -0.830. The van der Waals surface area contributed by atoms with Gasteiger partial charge in [-0.25, -0.2) is 4.39 Å². The predicted molar refractivity (Wildman–Crippen MR) is 52.2 cm³/mol. The summed E-state index contributed by atoms with van der Waals surface area (Å²) in [5.41, 5.74) is 0.968. The fourth-order valence-corrected chi connectivity index (χ4v) is 1.10. The van der Waals surface area contributed by atoms with Crippen molar-refractivity contribution >= 4 is 15.9 Å². The van der Waals surface area contributed by atoms with Gasteiger partial charge in [0.05, 0.1) is 0 Å². The standard InChI is InChI=1S/C7H6BrF.C2F6O/c8-5-6-2-1-3-7(9)4-6;3-1(4,5)9-2(6,7)8/h1-4H,5H2;. The lowest BCUT2D eigenvalue weighted by Gasteiger charge is -2.08. The molecule has 0 radical (unpaired) electrons. The molecule has 0 heterocycles. The molecule has 0 saturated heterocycles. The van der Waals surface area contributed by atoms with E-state index >= 15 is 0 Å². The van der Waals surface area contributed by atoms with Crippen molar-refractivity contribution < 1.29 is 35.5 Å². The van der Waals surface area contributed by atoms with E-state index in [-0.39, 0.29) is 5.82 Å². The highest BCUT2D eigenvalue weighted by Gasteiger charge is 2.45. The molecule has 9 heteroatoms. The molecule has 0 spiro atoms. The molecule has 104 valence electrons. The molecule has 1 rings (SSSR count). The van der Waals surface area contributed by atoms with Crippen molar-refractivity contribution in [2.75, 3.05) is 0 Å². The van der Waals surface area contributed by atoms with E-state index in [0.29, 0.717) is 5.33 Å². The zero-order valence-electron chi connectivity index (χ0n) is 8.45. The Bertz CT molecular complexity index is 349. The van der Waals surface area contributed by atoms with Crippen LogP contribution in [0, 0.1) is 5.82 Å². The molecule has 0 unspecified atom stereocenters. The summed E-state index contributed by atoms with van der Waals surface area (Å²) in [6.45, 7) is 0. The first-order chi connectivity index (χ1) is 8.03. The van der Waals surface area contributed by atoms with Crippen molar-refractivity contribution in [2.24, 2.45) is 0 Å². The van der Waals surface area contributed by atoms with Crippen molar-refractivity contribution in [1.82, 2.24) is 0 Å². The Morgan fingerprint density at radius 3 is 1.72 bits per heavy atom. The lowest BCUT2D eigenvalue weighted by Crippen LogP contribution is -2.25. The molecule has 0 aliphatic rings. The number of rotatable bonds is 1. The number of halogens is 8. The second kappa shape index (κ2) is 6.93. The first kappa shape index (κ1) is 17.2. The molecule has 0 atom stereocenters. The van der Waals surface area contributed by atoms with Crippen LogP contribution in [0.25, 0.3) is 0 Å².